The molecule has 0 unspecified atom stereocenters. The minimum Gasteiger partial charge on any atom is -0.266 e. The summed E-state index contributed by atoms with van der Waals surface area (Å²) in [5, 5.41) is 11.9. The van der Waals surface area contributed by atoms with Gasteiger partial charge >= 0.3 is 0 Å². The van der Waals surface area contributed by atoms with Gasteiger partial charge in [0.1, 0.15) is 0 Å². The van der Waals surface area contributed by atoms with Crippen LogP contribution in [0, 0.1) is 0 Å². The zero-order chi connectivity index (χ0) is 29.2. The van der Waals surface area contributed by atoms with E-state index in [0.29, 0.717) is 0 Å². The fourth-order valence-electron chi connectivity index (χ4n) is 5.31. The first-order valence-electron chi connectivity index (χ1n) is 15.9. The summed E-state index contributed by atoms with van der Waals surface area (Å²) in [6.07, 6.45) is 24.5. The number of nitrogens with zero attached hydrogens (tertiary/aromatic N) is 4. The summed E-state index contributed by atoms with van der Waals surface area (Å²) in [6.45, 7) is 0. The first-order chi connectivity index (χ1) is 20.7. The van der Waals surface area contributed by atoms with Gasteiger partial charge in [0.25, 0.3) is 11.1 Å². The van der Waals surface area contributed by atoms with Crippen LogP contribution in [0.4, 0.5) is 0 Å². The van der Waals surface area contributed by atoms with Gasteiger partial charge in [-0.25, -0.2) is 0 Å². The highest BCUT2D eigenvalue weighted by molar-refractivity contribution is 7.97. The lowest BCUT2D eigenvalue weighted by atomic mass is 10.0. The van der Waals surface area contributed by atoms with Crippen molar-refractivity contribution in [2.24, 2.45) is 0 Å². The van der Waals surface area contributed by atoms with E-state index >= 15 is 0 Å². The number of benzene rings is 2. The third kappa shape index (κ3) is 10.6. The van der Waals surface area contributed by atoms with E-state index in [4.69, 9.17) is 0 Å². The topological polar surface area (TPSA) is 69.8 Å². The van der Waals surface area contributed by atoms with E-state index in [1.807, 2.05) is 48.5 Å². The van der Waals surface area contributed by atoms with Crippen LogP contribution in [-0.2, 0) is 0 Å². The maximum Gasteiger partial charge on any atom is 0.285 e. The maximum absolute atomic E-state index is 12.5. The predicted octanol–water partition coefficient (Wildman–Crippen LogP) is 9.04. The van der Waals surface area contributed by atoms with Gasteiger partial charge in [0.05, 0.1) is 23.2 Å². The van der Waals surface area contributed by atoms with Crippen LogP contribution in [0.3, 0.4) is 0 Å². The average Bonchev–Trinajstić information content (AvgIpc) is 3.02. The largest absolute Gasteiger partial charge is 0.285 e. The lowest BCUT2D eigenvalue weighted by Crippen LogP contribution is -2.18. The Morgan fingerprint density at radius 3 is 1.12 bits per heavy atom. The van der Waals surface area contributed by atoms with Crippen LogP contribution < -0.4 is 11.1 Å². The van der Waals surface area contributed by atoms with Crippen LogP contribution in [0.25, 0.3) is 21.5 Å². The second-order valence-corrected chi connectivity index (χ2v) is 13.2. The van der Waals surface area contributed by atoms with E-state index in [1.54, 1.807) is 20.6 Å². The van der Waals surface area contributed by atoms with E-state index in [1.165, 1.54) is 114 Å². The predicted molar refractivity (Wildman–Crippen MR) is 182 cm³/mol. The van der Waals surface area contributed by atoms with Crippen molar-refractivity contribution in [3.8, 4) is 0 Å². The zero-order valence-electron chi connectivity index (χ0n) is 24.9. The Hall–Kier alpha value is -2.58. The molecule has 42 heavy (non-hydrogen) atoms. The summed E-state index contributed by atoms with van der Waals surface area (Å²) in [7, 11) is 0. The highest BCUT2D eigenvalue weighted by Gasteiger charge is 2.05. The molecule has 0 amide bonds. The van der Waals surface area contributed by atoms with Crippen molar-refractivity contribution >= 4 is 45.4 Å². The summed E-state index contributed by atoms with van der Waals surface area (Å²) < 4.78 is 3.08. The summed E-state index contributed by atoms with van der Waals surface area (Å²) in [5.41, 5.74) is -0.00834. The van der Waals surface area contributed by atoms with Gasteiger partial charge < -0.3 is 0 Å². The lowest BCUT2D eigenvalue weighted by Gasteiger charge is -2.06. The van der Waals surface area contributed by atoms with E-state index < -0.39 is 0 Å². The van der Waals surface area contributed by atoms with Crippen LogP contribution in [0.5, 0.6) is 0 Å². The second-order valence-electron chi connectivity index (χ2n) is 11.1. The smallest absolute Gasteiger partial charge is 0.266 e. The van der Waals surface area contributed by atoms with Crippen molar-refractivity contribution in [1.82, 2.24) is 18.4 Å². The molecule has 0 saturated carbocycles. The first-order valence-corrected chi connectivity index (χ1v) is 17.8. The van der Waals surface area contributed by atoms with E-state index in [2.05, 4.69) is 10.2 Å². The third-order valence-electron chi connectivity index (χ3n) is 7.80. The Morgan fingerprint density at radius 2 is 0.762 bits per heavy atom. The Bertz CT molecular complexity index is 1360. The van der Waals surface area contributed by atoms with Crippen molar-refractivity contribution < 1.29 is 0 Å². The van der Waals surface area contributed by atoms with Crippen molar-refractivity contribution in [2.75, 3.05) is 11.5 Å². The molecule has 2 aromatic carbocycles. The van der Waals surface area contributed by atoms with Crippen LogP contribution in [-0.4, -0.2) is 29.9 Å². The molecule has 0 spiro atoms. The van der Waals surface area contributed by atoms with Gasteiger partial charge in [-0.05, 0) is 48.9 Å². The fourth-order valence-corrected chi connectivity index (χ4v) is 6.99. The monoisotopic (exact) mass is 606 g/mol. The molecule has 226 valence electrons. The minimum atomic E-state index is -0.00417. The fraction of sp³-hybridized carbons (Fsp3) is 0.529. The molecule has 0 fully saturated rings. The molecule has 0 aliphatic carbocycles. The average molecular weight is 607 g/mol. The molecule has 0 N–H and O–H groups in total. The standard InChI is InChI=1S/C34H46N4O2S2/c39-33-31-23-17-15-21-29(31)27-35-37(33)41-25-19-13-11-9-7-5-3-1-2-4-6-8-10-12-14-20-26-42-38-34(40)32-24-18-16-22-30(32)28-36-38/h15-18,21-24,27-28H,1-14,19-20,25-26H2. The van der Waals surface area contributed by atoms with Crippen LogP contribution in [0.15, 0.2) is 70.5 Å². The third-order valence-corrected chi connectivity index (χ3v) is 9.75. The van der Waals surface area contributed by atoms with Crippen LogP contribution in [0.1, 0.15) is 103 Å². The highest BCUT2D eigenvalue weighted by atomic mass is 32.2. The summed E-state index contributed by atoms with van der Waals surface area (Å²) in [6, 6.07) is 15.3. The van der Waals surface area contributed by atoms with Crippen molar-refractivity contribution in [2.45, 2.75) is 103 Å². The number of hydrogen-bond acceptors (Lipinski definition) is 6. The Morgan fingerprint density at radius 1 is 0.452 bits per heavy atom. The molecule has 0 radical (unpaired) electrons. The number of rotatable bonds is 21. The van der Waals surface area contributed by atoms with Crippen LogP contribution >= 0.6 is 23.9 Å². The number of hydrogen-bond donors (Lipinski definition) is 0. The summed E-state index contributed by atoms with van der Waals surface area (Å²) >= 11 is 3.06. The Kier molecular flexibility index (Phi) is 14.5. The SMILES string of the molecule is O=c1c2ccccc2cnn1SCCCCCCCCCCCCCCCCCCSn1ncc2ccccc2c1=O. The van der Waals surface area contributed by atoms with Gasteiger partial charge in [-0.1, -0.05) is 126 Å². The number of unbranched alkanes of at least 4 members (excludes halogenated alkanes) is 15. The second kappa shape index (κ2) is 18.9. The minimum absolute atomic E-state index is 0.00417. The highest BCUT2D eigenvalue weighted by Crippen LogP contribution is 2.16. The molecule has 6 nitrogen and oxygen atoms in total. The molecule has 0 aliphatic rings. The van der Waals surface area contributed by atoms with E-state index in [-0.39, 0.29) is 11.1 Å². The molecule has 0 saturated heterocycles. The lowest BCUT2D eigenvalue weighted by molar-refractivity contribution is 0.532. The quantitative estimate of drug-likeness (QED) is 0.0882. The molecule has 0 aliphatic heterocycles. The van der Waals surface area contributed by atoms with E-state index in [9.17, 15) is 9.59 Å². The number of aromatic nitrogens is 4. The molecular formula is C34H46N4O2S2. The summed E-state index contributed by atoms with van der Waals surface area (Å²) in [5.74, 6) is 1.88. The first kappa shape index (κ1) is 32.3. The van der Waals surface area contributed by atoms with Crippen molar-refractivity contribution in [3.63, 3.8) is 0 Å². The molecule has 0 bridgehead atoms. The molecule has 2 heterocycles. The molecule has 0 atom stereocenters. The van der Waals surface area contributed by atoms with Gasteiger partial charge in [0.2, 0.25) is 0 Å². The molecule has 4 aromatic rings. The molecule has 8 heteroatoms. The van der Waals surface area contributed by atoms with Gasteiger partial charge in [-0.2, -0.15) is 18.4 Å². The van der Waals surface area contributed by atoms with Crippen molar-refractivity contribution in [3.05, 3.63) is 81.6 Å². The van der Waals surface area contributed by atoms with Crippen molar-refractivity contribution in [1.29, 1.82) is 0 Å². The van der Waals surface area contributed by atoms with Gasteiger partial charge in [-0.15, -0.1) is 0 Å². The van der Waals surface area contributed by atoms with Gasteiger partial charge in [-0.3, -0.25) is 9.59 Å². The zero-order valence-corrected chi connectivity index (χ0v) is 26.6. The van der Waals surface area contributed by atoms with Gasteiger partial charge in [0.15, 0.2) is 0 Å². The molecular weight excluding hydrogens is 561 g/mol. The maximum atomic E-state index is 12.5. The Labute approximate surface area is 258 Å². The van der Waals surface area contributed by atoms with Gasteiger partial charge in [0, 0.05) is 22.3 Å². The van der Waals surface area contributed by atoms with Crippen LogP contribution in [0.2, 0.25) is 0 Å². The summed E-state index contributed by atoms with van der Waals surface area (Å²) in [4.78, 5) is 25.0. The number of fused-ring (bicyclic) bond motifs is 2. The molecule has 4 rings (SSSR count). The molecule has 2 aromatic heterocycles. The Balaban J connectivity index is 0.884. The normalized spacial score (nSPS) is 11.5. The van der Waals surface area contributed by atoms with E-state index in [0.717, 1.165) is 45.9 Å².